The monoisotopic (exact) mass is 338 g/mol. The Kier molecular flexibility index (Phi) is 4.57. The van der Waals surface area contributed by atoms with Gasteiger partial charge >= 0.3 is 0 Å². The number of hydrogen-bond donors (Lipinski definition) is 2. The van der Waals surface area contributed by atoms with E-state index < -0.39 is 0 Å². The average molecular weight is 339 g/mol. The molecule has 20 heavy (non-hydrogen) atoms. The normalized spacial score (nSPS) is 10.1. The highest BCUT2D eigenvalue weighted by atomic mass is 79.9. The van der Waals surface area contributed by atoms with Crippen molar-refractivity contribution >= 4 is 33.2 Å². The zero-order chi connectivity index (χ0) is 14.5. The van der Waals surface area contributed by atoms with Crippen LogP contribution in [0.2, 0.25) is 0 Å². The van der Waals surface area contributed by atoms with E-state index in [1.165, 1.54) is 24.3 Å². The highest BCUT2D eigenvalue weighted by Gasteiger charge is 2.07. The number of amides is 1. The van der Waals surface area contributed by atoms with E-state index in [1.54, 1.807) is 18.2 Å². The number of rotatable bonds is 4. The minimum absolute atomic E-state index is 0.167. The molecule has 0 aliphatic heterocycles. The van der Waals surface area contributed by atoms with Crippen LogP contribution in [0.25, 0.3) is 0 Å². The standard InChI is InChI=1S/C14H12BrFN2O2/c15-14-11(17)2-1-3-12(14)20-8-13(19)18-10-6-4-9(16)5-7-10/h1-7H,8,17H2,(H,18,19). The van der Waals surface area contributed by atoms with Gasteiger partial charge in [0.05, 0.1) is 4.47 Å². The Balaban J connectivity index is 1.92. The van der Waals surface area contributed by atoms with Gasteiger partial charge in [-0.3, -0.25) is 4.79 Å². The molecule has 0 unspecified atom stereocenters. The Morgan fingerprint density at radius 2 is 1.95 bits per heavy atom. The highest BCUT2D eigenvalue weighted by molar-refractivity contribution is 9.10. The largest absolute Gasteiger partial charge is 0.483 e. The lowest BCUT2D eigenvalue weighted by Crippen LogP contribution is -2.20. The maximum Gasteiger partial charge on any atom is 0.262 e. The van der Waals surface area contributed by atoms with Crippen molar-refractivity contribution < 1.29 is 13.9 Å². The number of ether oxygens (including phenoxy) is 1. The van der Waals surface area contributed by atoms with Crippen molar-refractivity contribution in [3.05, 3.63) is 52.8 Å². The van der Waals surface area contributed by atoms with E-state index in [9.17, 15) is 9.18 Å². The predicted octanol–water partition coefficient (Wildman–Crippen LogP) is 3.19. The Labute approximate surface area is 123 Å². The molecule has 1 amide bonds. The predicted molar refractivity (Wildman–Crippen MR) is 79.1 cm³/mol. The SMILES string of the molecule is Nc1cccc(OCC(=O)Nc2ccc(F)cc2)c1Br. The van der Waals surface area contributed by atoms with Gasteiger partial charge in [0.25, 0.3) is 5.91 Å². The minimum atomic E-state index is -0.358. The maximum atomic E-state index is 12.7. The highest BCUT2D eigenvalue weighted by Crippen LogP contribution is 2.30. The number of nitrogens with two attached hydrogens (primary N) is 1. The quantitative estimate of drug-likeness (QED) is 0.841. The smallest absolute Gasteiger partial charge is 0.262 e. The Hall–Kier alpha value is -2.08. The first-order chi connectivity index (χ1) is 9.56. The van der Waals surface area contributed by atoms with Gasteiger partial charge in [0.2, 0.25) is 0 Å². The second-order valence-electron chi connectivity index (χ2n) is 4.00. The molecule has 6 heteroatoms. The molecule has 0 saturated heterocycles. The summed E-state index contributed by atoms with van der Waals surface area (Å²) >= 11 is 3.28. The van der Waals surface area contributed by atoms with Crippen LogP contribution in [0.4, 0.5) is 15.8 Å². The van der Waals surface area contributed by atoms with Gasteiger partial charge in [0.1, 0.15) is 11.6 Å². The molecule has 0 aliphatic carbocycles. The minimum Gasteiger partial charge on any atom is -0.483 e. The third-order valence-electron chi connectivity index (χ3n) is 2.48. The fourth-order valence-corrected chi connectivity index (χ4v) is 1.89. The molecule has 104 valence electrons. The van der Waals surface area contributed by atoms with Crippen LogP contribution < -0.4 is 15.8 Å². The van der Waals surface area contributed by atoms with E-state index in [-0.39, 0.29) is 18.3 Å². The summed E-state index contributed by atoms with van der Waals surface area (Å²) in [5, 5.41) is 2.60. The molecule has 0 bridgehead atoms. The van der Waals surface area contributed by atoms with E-state index in [0.29, 0.717) is 21.6 Å². The summed E-state index contributed by atoms with van der Waals surface area (Å²) in [5.41, 5.74) is 6.74. The molecule has 0 atom stereocenters. The number of halogens is 2. The number of carbonyl (C=O) groups is 1. The number of benzene rings is 2. The van der Waals surface area contributed by atoms with Crippen molar-refractivity contribution in [3.63, 3.8) is 0 Å². The summed E-state index contributed by atoms with van der Waals surface area (Å²) in [6, 6.07) is 10.6. The molecule has 2 rings (SSSR count). The van der Waals surface area contributed by atoms with Crippen LogP contribution in [-0.4, -0.2) is 12.5 Å². The number of nitrogen functional groups attached to an aromatic ring is 1. The van der Waals surface area contributed by atoms with Crippen LogP contribution in [0.1, 0.15) is 0 Å². The van der Waals surface area contributed by atoms with Crippen molar-refractivity contribution in [1.29, 1.82) is 0 Å². The second-order valence-corrected chi connectivity index (χ2v) is 4.80. The van der Waals surface area contributed by atoms with Crippen LogP contribution in [0.15, 0.2) is 46.9 Å². The Morgan fingerprint density at radius 3 is 2.65 bits per heavy atom. The van der Waals surface area contributed by atoms with Gasteiger partial charge in [-0.15, -0.1) is 0 Å². The van der Waals surface area contributed by atoms with Gasteiger partial charge in [-0.2, -0.15) is 0 Å². The van der Waals surface area contributed by atoms with Crippen LogP contribution >= 0.6 is 15.9 Å². The van der Waals surface area contributed by atoms with E-state index in [0.717, 1.165) is 0 Å². The van der Waals surface area contributed by atoms with Crippen molar-refractivity contribution in [2.75, 3.05) is 17.7 Å². The molecule has 0 radical (unpaired) electrons. The van der Waals surface area contributed by atoms with E-state index >= 15 is 0 Å². The van der Waals surface area contributed by atoms with E-state index in [2.05, 4.69) is 21.2 Å². The molecular formula is C14H12BrFN2O2. The third kappa shape index (κ3) is 3.71. The fraction of sp³-hybridized carbons (Fsp3) is 0.0714. The molecule has 0 saturated carbocycles. The summed E-state index contributed by atoms with van der Waals surface area (Å²) in [6.07, 6.45) is 0. The molecule has 2 aromatic rings. The molecular weight excluding hydrogens is 327 g/mol. The molecule has 0 fully saturated rings. The summed E-state index contributed by atoms with van der Waals surface area (Å²) in [4.78, 5) is 11.7. The van der Waals surface area contributed by atoms with Crippen LogP contribution in [0.3, 0.4) is 0 Å². The maximum absolute atomic E-state index is 12.7. The topological polar surface area (TPSA) is 64.3 Å². The number of carbonyl (C=O) groups excluding carboxylic acids is 1. The first-order valence-corrected chi connectivity index (χ1v) is 6.58. The summed E-state index contributed by atoms with van der Waals surface area (Å²) in [5.74, 6) is -0.215. The third-order valence-corrected chi connectivity index (χ3v) is 3.33. The molecule has 2 aromatic carbocycles. The molecule has 0 spiro atoms. The summed E-state index contributed by atoms with van der Waals surface area (Å²) < 4.78 is 18.7. The molecule has 0 aliphatic rings. The number of nitrogens with one attached hydrogen (secondary N) is 1. The zero-order valence-electron chi connectivity index (χ0n) is 10.4. The van der Waals surface area contributed by atoms with Crippen molar-refractivity contribution in [3.8, 4) is 5.75 Å². The number of anilines is 2. The lowest BCUT2D eigenvalue weighted by molar-refractivity contribution is -0.118. The lowest BCUT2D eigenvalue weighted by Gasteiger charge is -2.10. The summed E-state index contributed by atoms with van der Waals surface area (Å²) in [7, 11) is 0. The molecule has 0 aromatic heterocycles. The van der Waals surface area contributed by atoms with Crippen molar-refractivity contribution in [2.24, 2.45) is 0 Å². The molecule has 0 heterocycles. The molecule has 3 N–H and O–H groups in total. The Morgan fingerprint density at radius 1 is 1.25 bits per heavy atom. The van der Waals surface area contributed by atoms with Crippen LogP contribution in [0.5, 0.6) is 5.75 Å². The van der Waals surface area contributed by atoms with E-state index in [1.807, 2.05) is 0 Å². The van der Waals surface area contributed by atoms with Gasteiger partial charge in [-0.25, -0.2) is 4.39 Å². The van der Waals surface area contributed by atoms with Gasteiger partial charge in [-0.1, -0.05) is 6.07 Å². The van der Waals surface area contributed by atoms with Crippen molar-refractivity contribution in [1.82, 2.24) is 0 Å². The van der Waals surface area contributed by atoms with Crippen LogP contribution in [0, 0.1) is 5.82 Å². The van der Waals surface area contributed by atoms with E-state index in [4.69, 9.17) is 10.5 Å². The summed E-state index contributed by atoms with van der Waals surface area (Å²) in [6.45, 7) is -0.167. The first-order valence-electron chi connectivity index (χ1n) is 5.78. The second kappa shape index (κ2) is 6.38. The van der Waals surface area contributed by atoms with Crippen LogP contribution in [-0.2, 0) is 4.79 Å². The lowest BCUT2D eigenvalue weighted by atomic mass is 10.3. The zero-order valence-corrected chi connectivity index (χ0v) is 12.0. The fourth-order valence-electron chi connectivity index (χ4n) is 1.51. The van der Waals surface area contributed by atoms with Gasteiger partial charge in [0, 0.05) is 11.4 Å². The molecule has 4 nitrogen and oxygen atoms in total. The van der Waals surface area contributed by atoms with Gasteiger partial charge in [-0.05, 0) is 52.3 Å². The van der Waals surface area contributed by atoms with Gasteiger partial charge < -0.3 is 15.8 Å². The average Bonchev–Trinajstić information content (AvgIpc) is 2.43. The van der Waals surface area contributed by atoms with Crippen molar-refractivity contribution in [2.45, 2.75) is 0 Å². The van der Waals surface area contributed by atoms with Gasteiger partial charge in [0.15, 0.2) is 6.61 Å². The Bertz CT molecular complexity index is 617. The number of hydrogen-bond acceptors (Lipinski definition) is 3. The first kappa shape index (κ1) is 14.3.